The minimum Gasteiger partial charge on any atom is -0.298 e. The van der Waals surface area contributed by atoms with Crippen LogP contribution in [0.15, 0.2) is 115 Å². The minimum atomic E-state index is 0.638. The zero-order chi connectivity index (χ0) is 23.6. The number of pyridine rings is 1. The van der Waals surface area contributed by atoms with Crippen LogP contribution in [0.25, 0.3) is 66.6 Å². The fourth-order valence-electron chi connectivity index (χ4n) is 5.35. The van der Waals surface area contributed by atoms with Crippen LogP contribution in [-0.4, -0.2) is 23.9 Å². The maximum Gasteiger partial charge on any atom is 0.235 e. The third-order valence-electron chi connectivity index (χ3n) is 6.95. The van der Waals surface area contributed by atoms with Crippen LogP contribution in [0.3, 0.4) is 0 Å². The van der Waals surface area contributed by atoms with E-state index in [0.29, 0.717) is 5.95 Å². The standard InChI is InChI=1S/C31H19N5/c1-2-10-20(11-3-1)28-23-13-4-6-14-24(23)33-31(34-28)36-26-16-8-5-12-21(26)22-18-19-35-27-17-9-7-15-25(27)32-30(35)29(22)36/h1-19H. The summed E-state index contributed by atoms with van der Waals surface area (Å²) in [6.45, 7) is 0. The molecule has 168 valence electrons. The number of fused-ring (bicyclic) bond motifs is 8. The summed E-state index contributed by atoms with van der Waals surface area (Å²) in [6.07, 6.45) is 2.11. The second-order valence-corrected chi connectivity index (χ2v) is 8.98. The Kier molecular flexibility index (Phi) is 3.88. The van der Waals surface area contributed by atoms with E-state index in [1.807, 2.05) is 36.4 Å². The molecule has 4 aromatic carbocycles. The normalized spacial score (nSPS) is 11.9. The number of hydrogen-bond acceptors (Lipinski definition) is 3. The van der Waals surface area contributed by atoms with E-state index in [9.17, 15) is 0 Å². The minimum absolute atomic E-state index is 0.638. The van der Waals surface area contributed by atoms with Gasteiger partial charge in [0.15, 0.2) is 5.65 Å². The van der Waals surface area contributed by atoms with Crippen molar-refractivity contribution in [2.75, 3.05) is 0 Å². The van der Waals surface area contributed by atoms with Crippen molar-refractivity contribution in [2.24, 2.45) is 0 Å². The summed E-state index contributed by atoms with van der Waals surface area (Å²) < 4.78 is 4.33. The summed E-state index contributed by atoms with van der Waals surface area (Å²) in [4.78, 5) is 15.3. The maximum atomic E-state index is 5.19. The van der Waals surface area contributed by atoms with Gasteiger partial charge in [0.2, 0.25) is 5.95 Å². The predicted molar refractivity (Wildman–Crippen MR) is 146 cm³/mol. The number of hydrogen-bond donors (Lipinski definition) is 0. The van der Waals surface area contributed by atoms with Gasteiger partial charge in [0, 0.05) is 27.9 Å². The average molecular weight is 462 g/mol. The Hall–Kier alpha value is -5.03. The number of nitrogens with zero attached hydrogens (tertiary/aromatic N) is 5. The summed E-state index contributed by atoms with van der Waals surface area (Å²) in [7, 11) is 0. The fourth-order valence-corrected chi connectivity index (χ4v) is 5.35. The van der Waals surface area contributed by atoms with E-state index in [-0.39, 0.29) is 0 Å². The Labute approximate surface area is 205 Å². The smallest absolute Gasteiger partial charge is 0.235 e. The monoisotopic (exact) mass is 461 g/mol. The Balaban J connectivity index is 1.57. The van der Waals surface area contributed by atoms with Crippen LogP contribution in [0.2, 0.25) is 0 Å². The summed E-state index contributed by atoms with van der Waals surface area (Å²) in [5.41, 5.74) is 7.89. The molecule has 0 atom stereocenters. The zero-order valence-corrected chi connectivity index (χ0v) is 19.2. The van der Waals surface area contributed by atoms with Gasteiger partial charge in [0.05, 0.1) is 27.8 Å². The van der Waals surface area contributed by atoms with Crippen molar-refractivity contribution in [1.82, 2.24) is 23.9 Å². The van der Waals surface area contributed by atoms with Gasteiger partial charge in [-0.3, -0.25) is 8.97 Å². The van der Waals surface area contributed by atoms with Crippen LogP contribution in [0.5, 0.6) is 0 Å². The lowest BCUT2D eigenvalue weighted by molar-refractivity contribution is 1.01. The molecule has 8 rings (SSSR count). The van der Waals surface area contributed by atoms with E-state index in [1.54, 1.807) is 0 Å². The van der Waals surface area contributed by atoms with Crippen LogP contribution in [0, 0.1) is 0 Å². The molecule has 8 aromatic rings. The summed E-state index contributed by atoms with van der Waals surface area (Å²) >= 11 is 0. The van der Waals surface area contributed by atoms with Gasteiger partial charge in [0.1, 0.15) is 5.52 Å². The van der Waals surface area contributed by atoms with Gasteiger partial charge in [-0.25, -0.2) is 15.0 Å². The first kappa shape index (κ1) is 19.3. The second-order valence-electron chi connectivity index (χ2n) is 8.98. The van der Waals surface area contributed by atoms with E-state index in [0.717, 1.165) is 60.6 Å². The molecule has 0 spiro atoms. The lowest BCUT2D eigenvalue weighted by Crippen LogP contribution is -2.04. The molecule has 0 saturated carbocycles. The van der Waals surface area contributed by atoms with E-state index in [4.69, 9.17) is 15.0 Å². The van der Waals surface area contributed by atoms with Gasteiger partial charge in [-0.2, -0.15) is 0 Å². The molecule has 0 aliphatic rings. The third-order valence-corrected chi connectivity index (χ3v) is 6.95. The van der Waals surface area contributed by atoms with Crippen molar-refractivity contribution >= 4 is 49.4 Å². The number of aromatic nitrogens is 5. The van der Waals surface area contributed by atoms with Crippen LogP contribution in [0.1, 0.15) is 0 Å². The van der Waals surface area contributed by atoms with E-state index < -0.39 is 0 Å². The molecule has 4 heterocycles. The van der Waals surface area contributed by atoms with Crippen molar-refractivity contribution in [3.63, 3.8) is 0 Å². The van der Waals surface area contributed by atoms with Gasteiger partial charge in [-0.1, -0.05) is 78.9 Å². The van der Waals surface area contributed by atoms with Gasteiger partial charge in [-0.05, 0) is 30.3 Å². The number of imidazole rings is 1. The molecule has 0 unspecified atom stereocenters. The fraction of sp³-hybridized carbons (Fsp3) is 0. The molecule has 0 amide bonds. The van der Waals surface area contributed by atoms with Crippen molar-refractivity contribution in [3.05, 3.63) is 115 Å². The lowest BCUT2D eigenvalue weighted by Gasteiger charge is -2.12. The first-order chi connectivity index (χ1) is 17.9. The van der Waals surface area contributed by atoms with Crippen LogP contribution >= 0.6 is 0 Å². The van der Waals surface area contributed by atoms with Gasteiger partial charge < -0.3 is 0 Å². The number of rotatable bonds is 2. The lowest BCUT2D eigenvalue weighted by atomic mass is 10.1. The largest absolute Gasteiger partial charge is 0.298 e. The van der Waals surface area contributed by atoms with Crippen molar-refractivity contribution in [3.8, 4) is 17.2 Å². The Morgan fingerprint density at radius 1 is 0.500 bits per heavy atom. The number of para-hydroxylation sites is 4. The highest BCUT2D eigenvalue weighted by Gasteiger charge is 2.20. The van der Waals surface area contributed by atoms with Crippen LogP contribution in [0.4, 0.5) is 0 Å². The molecule has 0 saturated heterocycles. The third kappa shape index (κ3) is 2.62. The van der Waals surface area contributed by atoms with Crippen LogP contribution in [-0.2, 0) is 0 Å². The molecule has 5 nitrogen and oxygen atoms in total. The average Bonchev–Trinajstić information content (AvgIpc) is 3.49. The Morgan fingerprint density at radius 3 is 2.06 bits per heavy atom. The quantitative estimate of drug-likeness (QED) is 0.274. The zero-order valence-electron chi connectivity index (χ0n) is 19.2. The SMILES string of the molecule is c1ccc(-c2nc(-n3c4ccccc4c4ccn5c6ccccc6nc5c43)nc3ccccc23)cc1. The Bertz CT molecular complexity index is 2100. The molecular weight excluding hydrogens is 442 g/mol. The van der Waals surface area contributed by atoms with Crippen molar-refractivity contribution < 1.29 is 0 Å². The first-order valence-electron chi connectivity index (χ1n) is 12.0. The molecule has 0 N–H and O–H groups in total. The Morgan fingerprint density at radius 2 is 1.19 bits per heavy atom. The molecular formula is C31H19N5. The molecule has 0 bridgehead atoms. The molecule has 5 heteroatoms. The first-order valence-corrected chi connectivity index (χ1v) is 12.0. The molecule has 36 heavy (non-hydrogen) atoms. The number of benzene rings is 4. The summed E-state index contributed by atoms with van der Waals surface area (Å²) in [6, 6.07) is 37.4. The van der Waals surface area contributed by atoms with Crippen LogP contribution < -0.4 is 0 Å². The van der Waals surface area contributed by atoms with Gasteiger partial charge in [0.25, 0.3) is 0 Å². The molecule has 0 aliphatic heterocycles. The predicted octanol–water partition coefficient (Wildman–Crippen LogP) is 7.19. The van der Waals surface area contributed by atoms with Gasteiger partial charge >= 0.3 is 0 Å². The summed E-state index contributed by atoms with van der Waals surface area (Å²) in [5, 5.41) is 3.32. The van der Waals surface area contributed by atoms with E-state index >= 15 is 0 Å². The molecule has 0 fully saturated rings. The van der Waals surface area contributed by atoms with Crippen molar-refractivity contribution in [2.45, 2.75) is 0 Å². The van der Waals surface area contributed by atoms with E-state index in [2.05, 4.69) is 88.0 Å². The second kappa shape index (κ2) is 7.23. The topological polar surface area (TPSA) is 48.0 Å². The highest BCUT2D eigenvalue weighted by Crippen LogP contribution is 2.36. The molecule has 0 radical (unpaired) electrons. The maximum absolute atomic E-state index is 5.19. The van der Waals surface area contributed by atoms with Gasteiger partial charge in [-0.15, -0.1) is 0 Å². The van der Waals surface area contributed by atoms with Crippen molar-refractivity contribution in [1.29, 1.82) is 0 Å². The highest BCUT2D eigenvalue weighted by atomic mass is 15.2. The molecule has 4 aromatic heterocycles. The highest BCUT2D eigenvalue weighted by molar-refractivity contribution is 6.14. The molecule has 0 aliphatic carbocycles. The van der Waals surface area contributed by atoms with E-state index in [1.165, 1.54) is 0 Å². The summed E-state index contributed by atoms with van der Waals surface area (Å²) in [5.74, 6) is 0.638.